The summed E-state index contributed by atoms with van der Waals surface area (Å²) in [6, 6.07) is 7.04. The Morgan fingerprint density at radius 2 is 1.95 bits per heavy atom. The average Bonchev–Trinajstić information content (AvgIpc) is 2.37. The maximum atomic E-state index is 3.71. The molecule has 0 saturated heterocycles. The van der Waals surface area contributed by atoms with Crippen LogP contribution in [0.15, 0.2) is 22.7 Å². The van der Waals surface area contributed by atoms with Crippen molar-refractivity contribution in [1.82, 2.24) is 5.32 Å². The summed E-state index contributed by atoms with van der Waals surface area (Å²) in [4.78, 5) is 0. The van der Waals surface area contributed by atoms with Gasteiger partial charge in [-0.05, 0) is 49.4 Å². The van der Waals surface area contributed by atoms with E-state index in [1.807, 2.05) is 0 Å². The standard InChI is InChI=1S/C17H28BrN/c1-5-12-19-17(11-6-8-13(2)3)15-9-7-10-16(18)14(15)4/h7,9-10,13,17,19H,5-6,8,11-12H2,1-4H3. The molecule has 0 aliphatic carbocycles. The summed E-state index contributed by atoms with van der Waals surface area (Å²) in [5, 5.41) is 3.71. The maximum Gasteiger partial charge on any atom is 0.0323 e. The van der Waals surface area contributed by atoms with Gasteiger partial charge >= 0.3 is 0 Å². The lowest BCUT2D eigenvalue weighted by molar-refractivity contribution is 0.446. The first-order chi connectivity index (χ1) is 9.06. The van der Waals surface area contributed by atoms with Crippen LogP contribution in [0.25, 0.3) is 0 Å². The van der Waals surface area contributed by atoms with Crippen molar-refractivity contribution in [2.45, 2.75) is 59.4 Å². The third kappa shape index (κ3) is 5.66. The van der Waals surface area contributed by atoms with Gasteiger partial charge in [0, 0.05) is 10.5 Å². The van der Waals surface area contributed by atoms with Crippen LogP contribution in [-0.4, -0.2) is 6.54 Å². The van der Waals surface area contributed by atoms with Crippen molar-refractivity contribution in [3.8, 4) is 0 Å². The van der Waals surface area contributed by atoms with Gasteiger partial charge < -0.3 is 5.32 Å². The lowest BCUT2D eigenvalue weighted by Gasteiger charge is -2.22. The molecule has 1 N–H and O–H groups in total. The van der Waals surface area contributed by atoms with Crippen LogP contribution >= 0.6 is 15.9 Å². The fourth-order valence-electron chi connectivity index (χ4n) is 2.42. The number of hydrogen-bond acceptors (Lipinski definition) is 1. The average molecular weight is 326 g/mol. The maximum absolute atomic E-state index is 3.71. The molecule has 2 heteroatoms. The van der Waals surface area contributed by atoms with Crippen LogP contribution in [0.2, 0.25) is 0 Å². The van der Waals surface area contributed by atoms with Crippen LogP contribution in [0.3, 0.4) is 0 Å². The molecular formula is C17H28BrN. The van der Waals surface area contributed by atoms with Crippen molar-refractivity contribution in [3.05, 3.63) is 33.8 Å². The molecule has 1 rings (SSSR count). The summed E-state index contributed by atoms with van der Waals surface area (Å²) >= 11 is 3.65. The van der Waals surface area contributed by atoms with Crippen molar-refractivity contribution in [3.63, 3.8) is 0 Å². The van der Waals surface area contributed by atoms with Crippen LogP contribution in [0.4, 0.5) is 0 Å². The zero-order valence-corrected chi connectivity index (χ0v) is 14.4. The lowest BCUT2D eigenvalue weighted by atomic mass is 9.95. The predicted molar refractivity (Wildman–Crippen MR) is 88.6 cm³/mol. The van der Waals surface area contributed by atoms with Crippen LogP contribution in [-0.2, 0) is 0 Å². The molecule has 0 saturated carbocycles. The Hall–Kier alpha value is -0.340. The molecule has 0 fully saturated rings. The van der Waals surface area contributed by atoms with Crippen LogP contribution in [0.1, 0.15) is 63.6 Å². The molecule has 108 valence electrons. The minimum absolute atomic E-state index is 0.496. The highest BCUT2D eigenvalue weighted by Gasteiger charge is 2.14. The largest absolute Gasteiger partial charge is 0.310 e. The van der Waals surface area contributed by atoms with Crippen LogP contribution < -0.4 is 5.32 Å². The lowest BCUT2D eigenvalue weighted by Crippen LogP contribution is -2.23. The van der Waals surface area contributed by atoms with Gasteiger partial charge in [0.05, 0.1) is 0 Å². The normalized spacial score (nSPS) is 12.9. The number of nitrogens with one attached hydrogen (secondary N) is 1. The first kappa shape index (κ1) is 16.7. The second-order valence-corrected chi connectivity index (χ2v) is 6.64. The van der Waals surface area contributed by atoms with E-state index in [0.717, 1.165) is 12.5 Å². The Kier molecular flexibility index (Phi) is 7.70. The van der Waals surface area contributed by atoms with E-state index in [2.05, 4.69) is 67.1 Å². The van der Waals surface area contributed by atoms with Crippen LogP contribution in [0, 0.1) is 12.8 Å². The summed E-state index contributed by atoms with van der Waals surface area (Å²) in [7, 11) is 0. The topological polar surface area (TPSA) is 12.0 Å². The second kappa shape index (κ2) is 8.76. The van der Waals surface area contributed by atoms with E-state index in [4.69, 9.17) is 0 Å². The third-order valence-corrected chi connectivity index (χ3v) is 4.46. The number of halogens is 1. The molecule has 0 bridgehead atoms. The van der Waals surface area contributed by atoms with Gasteiger partial charge in [0.1, 0.15) is 0 Å². The molecule has 0 aliphatic rings. The smallest absolute Gasteiger partial charge is 0.0323 e. The molecule has 1 atom stereocenters. The van der Waals surface area contributed by atoms with Gasteiger partial charge in [-0.25, -0.2) is 0 Å². The monoisotopic (exact) mass is 325 g/mol. The number of rotatable bonds is 8. The van der Waals surface area contributed by atoms with Gasteiger partial charge in [0.25, 0.3) is 0 Å². The van der Waals surface area contributed by atoms with E-state index in [9.17, 15) is 0 Å². The van der Waals surface area contributed by atoms with Gasteiger partial charge in [-0.2, -0.15) is 0 Å². The highest BCUT2D eigenvalue weighted by atomic mass is 79.9. The van der Waals surface area contributed by atoms with Gasteiger partial charge in [-0.15, -0.1) is 0 Å². The fourth-order valence-corrected chi connectivity index (χ4v) is 2.80. The molecule has 19 heavy (non-hydrogen) atoms. The Bertz CT molecular complexity index is 374. The van der Waals surface area contributed by atoms with Crippen molar-refractivity contribution >= 4 is 15.9 Å². The van der Waals surface area contributed by atoms with E-state index in [-0.39, 0.29) is 0 Å². The summed E-state index contributed by atoms with van der Waals surface area (Å²) in [6.45, 7) is 10.1. The predicted octanol–water partition coefficient (Wildman–Crippen LogP) is 5.62. The molecule has 0 spiro atoms. The first-order valence-corrected chi connectivity index (χ1v) is 8.34. The molecule has 1 aromatic rings. The van der Waals surface area contributed by atoms with E-state index >= 15 is 0 Å². The molecule has 0 radical (unpaired) electrons. The minimum atomic E-state index is 0.496. The summed E-state index contributed by atoms with van der Waals surface area (Å²) < 4.78 is 1.22. The van der Waals surface area contributed by atoms with Crippen molar-refractivity contribution in [2.24, 2.45) is 5.92 Å². The van der Waals surface area contributed by atoms with Crippen molar-refractivity contribution in [1.29, 1.82) is 0 Å². The van der Waals surface area contributed by atoms with Crippen molar-refractivity contribution in [2.75, 3.05) is 6.54 Å². The van der Waals surface area contributed by atoms with E-state index < -0.39 is 0 Å². The van der Waals surface area contributed by atoms with E-state index in [1.54, 1.807) is 0 Å². The van der Waals surface area contributed by atoms with Crippen molar-refractivity contribution < 1.29 is 0 Å². The van der Waals surface area contributed by atoms with Gasteiger partial charge in [-0.3, -0.25) is 0 Å². The summed E-state index contributed by atoms with van der Waals surface area (Å²) in [6.07, 6.45) is 5.03. The molecular weight excluding hydrogens is 298 g/mol. The summed E-state index contributed by atoms with van der Waals surface area (Å²) in [5.41, 5.74) is 2.83. The Morgan fingerprint density at radius 1 is 1.21 bits per heavy atom. The minimum Gasteiger partial charge on any atom is -0.310 e. The highest BCUT2D eigenvalue weighted by Crippen LogP contribution is 2.28. The molecule has 1 unspecified atom stereocenters. The quantitative estimate of drug-likeness (QED) is 0.653. The molecule has 1 aromatic carbocycles. The van der Waals surface area contributed by atoms with Gasteiger partial charge in [0.15, 0.2) is 0 Å². The zero-order valence-electron chi connectivity index (χ0n) is 12.8. The Morgan fingerprint density at radius 3 is 2.58 bits per heavy atom. The summed E-state index contributed by atoms with van der Waals surface area (Å²) in [5.74, 6) is 0.801. The molecule has 0 aromatic heterocycles. The highest BCUT2D eigenvalue weighted by molar-refractivity contribution is 9.10. The second-order valence-electron chi connectivity index (χ2n) is 5.79. The number of hydrogen-bond donors (Lipinski definition) is 1. The molecule has 0 aliphatic heterocycles. The van der Waals surface area contributed by atoms with Crippen LogP contribution in [0.5, 0.6) is 0 Å². The first-order valence-electron chi connectivity index (χ1n) is 7.54. The molecule has 0 heterocycles. The number of benzene rings is 1. The SMILES string of the molecule is CCCNC(CCCC(C)C)c1cccc(Br)c1C. The van der Waals surface area contributed by atoms with Gasteiger partial charge in [-0.1, -0.05) is 61.7 Å². The van der Waals surface area contributed by atoms with E-state index in [0.29, 0.717) is 6.04 Å². The molecule has 0 amide bonds. The Balaban J connectivity index is 2.74. The van der Waals surface area contributed by atoms with E-state index in [1.165, 1.54) is 41.3 Å². The Labute approximate surface area is 127 Å². The van der Waals surface area contributed by atoms with Gasteiger partial charge in [0.2, 0.25) is 0 Å². The zero-order chi connectivity index (χ0) is 14.3. The molecule has 1 nitrogen and oxygen atoms in total. The fraction of sp³-hybridized carbons (Fsp3) is 0.647. The third-order valence-electron chi connectivity index (χ3n) is 3.60.